The fraction of sp³-hybridized carbons (Fsp3) is 0.160. The number of piperazine rings is 1. The van der Waals surface area contributed by atoms with E-state index in [1.54, 1.807) is 24.4 Å². The standard InChI is InChI=1S/C25H20FN5O/c26-21-3-1-2-18(15-27)25(21)32-20-8-9-22-23(14-20)30-24(16-29-22)17-4-6-19(7-5-17)31-12-10-28-11-13-31/h1-9,14,16,28H,10-13H2. The Kier molecular flexibility index (Phi) is 5.36. The van der Waals surface area contributed by atoms with Crippen molar-refractivity contribution >= 4 is 16.7 Å². The Morgan fingerprint density at radius 3 is 2.59 bits per heavy atom. The van der Waals surface area contributed by atoms with Crippen LogP contribution in [0.4, 0.5) is 10.1 Å². The van der Waals surface area contributed by atoms with Gasteiger partial charge >= 0.3 is 0 Å². The lowest BCUT2D eigenvalue weighted by atomic mass is 10.1. The number of nitrogens with zero attached hydrogens (tertiary/aromatic N) is 4. The lowest BCUT2D eigenvalue weighted by Gasteiger charge is -2.29. The average Bonchev–Trinajstić information content (AvgIpc) is 2.85. The molecule has 1 aliphatic heterocycles. The highest BCUT2D eigenvalue weighted by Gasteiger charge is 2.13. The van der Waals surface area contributed by atoms with Gasteiger partial charge in [-0.1, -0.05) is 18.2 Å². The summed E-state index contributed by atoms with van der Waals surface area (Å²) in [6, 6.07) is 19.7. The van der Waals surface area contributed by atoms with E-state index in [0.29, 0.717) is 16.8 Å². The third-order valence-electron chi connectivity index (χ3n) is 5.47. The zero-order valence-corrected chi connectivity index (χ0v) is 17.3. The number of hydrogen-bond acceptors (Lipinski definition) is 6. The Labute approximate surface area is 184 Å². The molecule has 0 bridgehead atoms. The predicted octanol–water partition coefficient (Wildman–Crippen LogP) is 4.51. The molecule has 158 valence electrons. The number of hydrogen-bond donors (Lipinski definition) is 1. The highest BCUT2D eigenvalue weighted by Crippen LogP contribution is 2.30. The molecule has 1 fully saturated rings. The summed E-state index contributed by atoms with van der Waals surface area (Å²) in [5, 5.41) is 12.6. The van der Waals surface area contributed by atoms with Crippen molar-refractivity contribution in [2.45, 2.75) is 0 Å². The quantitative estimate of drug-likeness (QED) is 0.519. The Bertz CT molecular complexity index is 1310. The van der Waals surface area contributed by atoms with Crippen molar-refractivity contribution in [1.29, 1.82) is 5.26 Å². The summed E-state index contributed by atoms with van der Waals surface area (Å²) >= 11 is 0. The summed E-state index contributed by atoms with van der Waals surface area (Å²) < 4.78 is 19.9. The molecule has 7 heteroatoms. The average molecular weight is 425 g/mol. The van der Waals surface area contributed by atoms with Gasteiger partial charge in [0.05, 0.1) is 28.5 Å². The first-order chi connectivity index (χ1) is 15.7. The number of para-hydroxylation sites is 1. The molecule has 0 spiro atoms. The topological polar surface area (TPSA) is 74.1 Å². The van der Waals surface area contributed by atoms with E-state index in [4.69, 9.17) is 9.72 Å². The number of ether oxygens (including phenoxy) is 1. The third kappa shape index (κ3) is 3.96. The lowest BCUT2D eigenvalue weighted by Crippen LogP contribution is -2.43. The second-order valence-electron chi connectivity index (χ2n) is 7.52. The summed E-state index contributed by atoms with van der Waals surface area (Å²) in [7, 11) is 0. The van der Waals surface area contributed by atoms with E-state index >= 15 is 0 Å². The molecule has 0 radical (unpaired) electrons. The van der Waals surface area contributed by atoms with E-state index in [2.05, 4.69) is 27.3 Å². The van der Waals surface area contributed by atoms with E-state index < -0.39 is 5.82 Å². The molecule has 1 aromatic heterocycles. The van der Waals surface area contributed by atoms with Crippen LogP contribution in [0.25, 0.3) is 22.3 Å². The van der Waals surface area contributed by atoms with Crippen molar-refractivity contribution < 1.29 is 9.13 Å². The SMILES string of the molecule is N#Cc1cccc(F)c1Oc1ccc2ncc(-c3ccc(N4CCNCC4)cc3)nc2c1. The Morgan fingerprint density at radius 2 is 1.81 bits per heavy atom. The number of rotatable bonds is 4. The first-order valence-corrected chi connectivity index (χ1v) is 10.4. The van der Waals surface area contributed by atoms with Crippen LogP contribution < -0.4 is 15.0 Å². The van der Waals surface area contributed by atoms with Crippen molar-refractivity contribution in [2.75, 3.05) is 31.1 Å². The first kappa shape index (κ1) is 19.9. The lowest BCUT2D eigenvalue weighted by molar-refractivity contribution is 0.441. The summed E-state index contributed by atoms with van der Waals surface area (Å²) in [5.74, 6) is -0.296. The Balaban J connectivity index is 1.43. The molecule has 1 N–H and O–H groups in total. The number of aromatic nitrogens is 2. The molecule has 3 aromatic carbocycles. The van der Waals surface area contributed by atoms with Gasteiger partial charge in [-0.05, 0) is 36.4 Å². The first-order valence-electron chi connectivity index (χ1n) is 10.4. The Hall–Kier alpha value is -4.02. The zero-order chi connectivity index (χ0) is 21.9. The van der Waals surface area contributed by atoms with E-state index in [0.717, 1.165) is 37.4 Å². The highest BCUT2D eigenvalue weighted by atomic mass is 19.1. The van der Waals surface area contributed by atoms with Gasteiger partial charge in [-0.2, -0.15) is 5.26 Å². The largest absolute Gasteiger partial charge is 0.453 e. The predicted molar refractivity (Wildman–Crippen MR) is 121 cm³/mol. The number of benzene rings is 3. The molecule has 0 aliphatic carbocycles. The van der Waals surface area contributed by atoms with Gasteiger partial charge in [-0.3, -0.25) is 4.98 Å². The van der Waals surface area contributed by atoms with E-state index in [1.165, 1.54) is 23.9 Å². The van der Waals surface area contributed by atoms with E-state index in [1.807, 2.05) is 18.2 Å². The molecule has 1 saturated heterocycles. The fourth-order valence-electron chi connectivity index (χ4n) is 3.78. The van der Waals surface area contributed by atoms with Crippen molar-refractivity contribution in [1.82, 2.24) is 15.3 Å². The molecule has 0 amide bonds. The molecule has 6 nitrogen and oxygen atoms in total. The van der Waals surface area contributed by atoms with Crippen LogP contribution in [0, 0.1) is 17.1 Å². The maximum atomic E-state index is 14.2. The third-order valence-corrected chi connectivity index (χ3v) is 5.47. The van der Waals surface area contributed by atoms with Gasteiger partial charge in [0.2, 0.25) is 0 Å². The number of halogens is 1. The van der Waals surface area contributed by atoms with Crippen LogP contribution in [0.1, 0.15) is 5.56 Å². The van der Waals surface area contributed by atoms with Crippen LogP contribution in [-0.4, -0.2) is 36.1 Å². The molecule has 32 heavy (non-hydrogen) atoms. The van der Waals surface area contributed by atoms with Crippen molar-refractivity contribution in [3.05, 3.63) is 78.2 Å². The molecule has 5 rings (SSSR count). The van der Waals surface area contributed by atoms with Crippen molar-refractivity contribution in [3.8, 4) is 28.8 Å². The zero-order valence-electron chi connectivity index (χ0n) is 17.3. The fourth-order valence-corrected chi connectivity index (χ4v) is 3.78. The molecule has 0 saturated carbocycles. The molecule has 0 atom stereocenters. The molecule has 0 unspecified atom stereocenters. The van der Waals surface area contributed by atoms with Crippen LogP contribution >= 0.6 is 0 Å². The van der Waals surface area contributed by atoms with Gasteiger partial charge < -0.3 is 15.0 Å². The summed E-state index contributed by atoms with van der Waals surface area (Å²) in [5.41, 5.74) is 4.36. The molecular weight excluding hydrogens is 405 g/mol. The van der Waals surface area contributed by atoms with Gasteiger partial charge in [0.1, 0.15) is 11.8 Å². The van der Waals surface area contributed by atoms with Crippen molar-refractivity contribution in [2.24, 2.45) is 0 Å². The van der Waals surface area contributed by atoms with Crippen LogP contribution in [0.15, 0.2) is 66.9 Å². The smallest absolute Gasteiger partial charge is 0.180 e. The van der Waals surface area contributed by atoms with Crippen LogP contribution in [0.3, 0.4) is 0 Å². The minimum atomic E-state index is -0.589. The summed E-state index contributed by atoms with van der Waals surface area (Å²) in [4.78, 5) is 11.6. The molecule has 1 aliphatic rings. The normalized spacial score (nSPS) is 13.7. The Morgan fingerprint density at radius 1 is 1.00 bits per heavy atom. The van der Waals surface area contributed by atoms with Gasteiger partial charge in [0, 0.05) is 43.5 Å². The number of nitriles is 1. The second-order valence-corrected chi connectivity index (χ2v) is 7.52. The van der Waals surface area contributed by atoms with Crippen molar-refractivity contribution in [3.63, 3.8) is 0 Å². The maximum absolute atomic E-state index is 14.2. The summed E-state index contributed by atoms with van der Waals surface area (Å²) in [6.07, 6.45) is 1.74. The van der Waals surface area contributed by atoms with E-state index in [-0.39, 0.29) is 11.3 Å². The van der Waals surface area contributed by atoms with E-state index in [9.17, 15) is 9.65 Å². The molecule has 2 heterocycles. The molecule has 4 aromatic rings. The van der Waals surface area contributed by atoms with Gasteiger partial charge in [-0.15, -0.1) is 0 Å². The molecular formula is C25H20FN5O. The minimum absolute atomic E-state index is 0.0954. The van der Waals surface area contributed by atoms with Gasteiger partial charge in [-0.25, -0.2) is 9.37 Å². The number of anilines is 1. The monoisotopic (exact) mass is 425 g/mol. The highest BCUT2D eigenvalue weighted by molar-refractivity contribution is 5.79. The number of nitrogens with one attached hydrogen (secondary N) is 1. The van der Waals surface area contributed by atoms with Crippen LogP contribution in [0.5, 0.6) is 11.5 Å². The van der Waals surface area contributed by atoms with Gasteiger partial charge in [0.25, 0.3) is 0 Å². The second kappa shape index (κ2) is 8.61. The van der Waals surface area contributed by atoms with Gasteiger partial charge in [0.15, 0.2) is 11.6 Å². The summed E-state index contributed by atoms with van der Waals surface area (Å²) in [6.45, 7) is 3.97. The number of fused-ring (bicyclic) bond motifs is 1. The minimum Gasteiger partial charge on any atom is -0.453 e. The maximum Gasteiger partial charge on any atom is 0.180 e. The van der Waals surface area contributed by atoms with Crippen LogP contribution in [-0.2, 0) is 0 Å². The van der Waals surface area contributed by atoms with Crippen LogP contribution in [0.2, 0.25) is 0 Å².